The van der Waals surface area contributed by atoms with E-state index in [9.17, 15) is 19.5 Å². The summed E-state index contributed by atoms with van der Waals surface area (Å²) in [6, 6.07) is 1.54. The topological polar surface area (TPSA) is 191 Å². The average molecular weight is 549 g/mol. The van der Waals surface area contributed by atoms with Crippen molar-refractivity contribution in [1.29, 1.82) is 0 Å². The number of piperidine rings is 1. The number of aliphatic carboxylic acids is 2. The Morgan fingerprint density at radius 2 is 1.73 bits per heavy atom. The normalized spacial score (nSPS) is 18.6. The third-order valence-corrected chi connectivity index (χ3v) is 6.55. The fourth-order valence-electron chi connectivity index (χ4n) is 4.23. The number of nitrogen functional groups attached to an aromatic ring is 1. The molecule has 0 amide bonds. The second-order valence-corrected chi connectivity index (χ2v) is 10.4. The van der Waals surface area contributed by atoms with Crippen molar-refractivity contribution in [3.05, 3.63) is 22.2 Å². The first-order chi connectivity index (χ1) is 17.0. The molecular formula is C24H34ClFN2O9. The SMILES string of the molecule is CC(C)(O)CN1CCC(F)(CCC(=O)c2cc(Cl)c(N)c3c2OCC3)CC1.O=C(O)C(O)C(O)C(=O)O. The van der Waals surface area contributed by atoms with Crippen molar-refractivity contribution in [3.63, 3.8) is 0 Å². The predicted octanol–water partition coefficient (Wildman–Crippen LogP) is 1.27. The van der Waals surface area contributed by atoms with Crippen LogP contribution in [0.1, 0.15) is 55.5 Å². The fraction of sp³-hybridized carbons (Fsp3) is 0.625. The predicted molar refractivity (Wildman–Crippen MR) is 132 cm³/mol. The van der Waals surface area contributed by atoms with Gasteiger partial charge >= 0.3 is 11.9 Å². The smallest absolute Gasteiger partial charge is 0.335 e. The number of anilines is 1. The van der Waals surface area contributed by atoms with Gasteiger partial charge in [-0.15, -0.1) is 0 Å². The molecule has 7 N–H and O–H groups in total. The number of alkyl halides is 1. The van der Waals surface area contributed by atoms with E-state index < -0.39 is 35.4 Å². The molecule has 2 aliphatic heterocycles. The van der Waals surface area contributed by atoms with Gasteiger partial charge in [0.25, 0.3) is 0 Å². The quantitative estimate of drug-likeness (QED) is 0.192. The van der Waals surface area contributed by atoms with Crippen LogP contribution in [0, 0.1) is 0 Å². The molecule has 3 rings (SSSR count). The number of nitrogens with two attached hydrogens (primary N) is 1. The molecule has 2 unspecified atom stereocenters. The van der Waals surface area contributed by atoms with Gasteiger partial charge in [-0.2, -0.15) is 0 Å². The van der Waals surface area contributed by atoms with Crippen molar-refractivity contribution < 1.29 is 49.0 Å². The highest BCUT2D eigenvalue weighted by molar-refractivity contribution is 6.33. The standard InChI is InChI=1S/C20H28ClFN2O3.C4H6O6/c1-19(2,26)12-24-8-6-20(22,7-9-24)5-3-16(25)14-11-15(21)17(23)13-4-10-27-18(13)14;5-1(3(7)8)2(6)4(9)10/h11,26H,3-10,12,23H2,1-2H3;1-2,5-6H,(H,7,8)(H,9,10). The first-order valence-electron chi connectivity index (χ1n) is 11.8. The van der Waals surface area contributed by atoms with Gasteiger partial charge in [-0.25, -0.2) is 14.0 Å². The molecule has 0 aliphatic carbocycles. The zero-order valence-corrected chi connectivity index (χ0v) is 21.5. The first kappa shape index (κ1) is 30.7. The van der Waals surface area contributed by atoms with Crippen LogP contribution in [0.4, 0.5) is 10.1 Å². The number of Topliss-reactive ketones (excluding diaryl/α,β-unsaturated/α-hetero) is 1. The molecule has 1 aromatic rings. The van der Waals surface area contributed by atoms with Crippen molar-refractivity contribution in [1.82, 2.24) is 4.90 Å². The molecule has 1 saturated heterocycles. The van der Waals surface area contributed by atoms with Gasteiger partial charge in [0.2, 0.25) is 0 Å². The molecule has 0 aromatic heterocycles. The second-order valence-electron chi connectivity index (χ2n) is 9.95. The Morgan fingerprint density at radius 3 is 2.22 bits per heavy atom. The summed E-state index contributed by atoms with van der Waals surface area (Å²) >= 11 is 6.15. The molecule has 1 fully saturated rings. The van der Waals surface area contributed by atoms with Gasteiger partial charge in [0.15, 0.2) is 18.0 Å². The van der Waals surface area contributed by atoms with Crippen molar-refractivity contribution in [2.75, 3.05) is 32.0 Å². The lowest BCUT2D eigenvalue weighted by atomic mass is 9.86. The molecule has 11 nitrogen and oxygen atoms in total. The van der Waals surface area contributed by atoms with E-state index in [1.165, 1.54) is 0 Å². The molecular weight excluding hydrogens is 515 g/mol. The number of halogens is 2. The average Bonchev–Trinajstić information content (AvgIpc) is 3.30. The van der Waals surface area contributed by atoms with Crippen molar-refractivity contribution in [2.45, 2.75) is 69.4 Å². The number of carboxylic acid groups (broad SMARTS) is 2. The van der Waals surface area contributed by atoms with Crippen molar-refractivity contribution in [2.24, 2.45) is 0 Å². The number of ketones is 1. The van der Waals surface area contributed by atoms with Crippen LogP contribution in [-0.4, -0.2) is 97.9 Å². The molecule has 2 aliphatic rings. The number of aliphatic hydroxyl groups excluding tert-OH is 2. The number of carbonyl (C=O) groups excluding carboxylic acids is 1. The largest absolute Gasteiger partial charge is 0.492 e. The van der Waals surface area contributed by atoms with Gasteiger partial charge in [0.1, 0.15) is 11.4 Å². The summed E-state index contributed by atoms with van der Waals surface area (Å²) in [5.74, 6) is -3.19. The van der Waals surface area contributed by atoms with Crippen LogP contribution < -0.4 is 10.5 Å². The summed E-state index contributed by atoms with van der Waals surface area (Å²) in [7, 11) is 0. The zero-order valence-electron chi connectivity index (χ0n) is 20.7. The van der Waals surface area contributed by atoms with Crippen molar-refractivity contribution in [3.8, 4) is 5.75 Å². The molecule has 2 atom stereocenters. The minimum absolute atomic E-state index is 0.109. The lowest BCUT2D eigenvalue weighted by molar-refractivity contribution is -0.165. The van der Waals surface area contributed by atoms with Crippen LogP contribution in [0.3, 0.4) is 0 Å². The number of carboxylic acids is 2. The van der Waals surface area contributed by atoms with E-state index in [1.807, 2.05) is 0 Å². The zero-order chi connectivity index (χ0) is 28.1. The Hall–Kier alpha value is -2.51. The number of hydrogen-bond donors (Lipinski definition) is 6. The summed E-state index contributed by atoms with van der Waals surface area (Å²) in [6.45, 7) is 5.67. The number of hydrogen-bond acceptors (Lipinski definition) is 9. The van der Waals surface area contributed by atoms with E-state index in [4.69, 9.17) is 42.5 Å². The Kier molecular flexibility index (Phi) is 10.3. The molecule has 0 bridgehead atoms. The Labute approximate surface area is 218 Å². The number of likely N-dealkylation sites (tertiary alicyclic amines) is 1. The Morgan fingerprint density at radius 1 is 1.19 bits per heavy atom. The number of nitrogens with zero attached hydrogens (tertiary/aromatic N) is 1. The maximum absolute atomic E-state index is 15.2. The van der Waals surface area contributed by atoms with Crippen LogP contribution in [0.15, 0.2) is 6.07 Å². The number of aliphatic hydroxyl groups is 3. The van der Waals surface area contributed by atoms with Gasteiger partial charge in [-0.1, -0.05) is 11.6 Å². The first-order valence-corrected chi connectivity index (χ1v) is 12.1. The highest BCUT2D eigenvalue weighted by Crippen LogP contribution is 2.40. The number of rotatable bonds is 9. The molecule has 37 heavy (non-hydrogen) atoms. The number of fused-ring (bicyclic) bond motifs is 1. The van der Waals surface area contributed by atoms with Gasteiger partial charge in [0.05, 0.1) is 28.5 Å². The number of ether oxygens (including phenoxy) is 1. The van der Waals surface area contributed by atoms with E-state index in [0.29, 0.717) is 67.5 Å². The number of benzene rings is 1. The summed E-state index contributed by atoms with van der Waals surface area (Å²) < 4.78 is 20.7. The molecule has 1 aromatic carbocycles. The Bertz CT molecular complexity index is 989. The minimum atomic E-state index is -2.27. The molecule has 0 radical (unpaired) electrons. The van der Waals surface area contributed by atoms with Crippen LogP contribution in [0.25, 0.3) is 0 Å². The molecule has 13 heteroatoms. The molecule has 0 spiro atoms. The maximum atomic E-state index is 15.2. The summed E-state index contributed by atoms with van der Waals surface area (Å²) in [5.41, 5.74) is 5.47. The highest BCUT2D eigenvalue weighted by Gasteiger charge is 2.36. The summed E-state index contributed by atoms with van der Waals surface area (Å²) in [6.07, 6.45) is -2.88. The number of carbonyl (C=O) groups is 3. The third kappa shape index (κ3) is 8.50. The lowest BCUT2D eigenvalue weighted by Gasteiger charge is -2.38. The van der Waals surface area contributed by atoms with Crippen molar-refractivity contribution >= 4 is 35.0 Å². The van der Waals surface area contributed by atoms with E-state index in [0.717, 1.165) is 5.56 Å². The van der Waals surface area contributed by atoms with E-state index in [2.05, 4.69) is 4.90 Å². The second kappa shape index (κ2) is 12.4. The van der Waals surface area contributed by atoms with Crippen LogP contribution in [-0.2, 0) is 16.0 Å². The Balaban J connectivity index is 0.000000410. The molecule has 208 valence electrons. The maximum Gasteiger partial charge on any atom is 0.335 e. The van der Waals surface area contributed by atoms with Crippen LogP contribution in [0.5, 0.6) is 5.75 Å². The minimum Gasteiger partial charge on any atom is -0.492 e. The summed E-state index contributed by atoms with van der Waals surface area (Å²) in [5, 5.41) is 42.8. The number of β-amino-alcohol motifs (C(OH)–C–C–N with tert-alkyl or cyclic N) is 1. The van der Waals surface area contributed by atoms with Crippen LogP contribution >= 0.6 is 11.6 Å². The van der Waals surface area contributed by atoms with Crippen LogP contribution in [0.2, 0.25) is 5.02 Å². The molecule has 2 heterocycles. The van der Waals surface area contributed by atoms with E-state index >= 15 is 4.39 Å². The highest BCUT2D eigenvalue weighted by atomic mass is 35.5. The summed E-state index contributed by atoms with van der Waals surface area (Å²) in [4.78, 5) is 34.3. The lowest BCUT2D eigenvalue weighted by Crippen LogP contribution is -2.47. The van der Waals surface area contributed by atoms with Gasteiger partial charge in [-0.3, -0.25) is 4.79 Å². The van der Waals surface area contributed by atoms with E-state index in [-0.39, 0.29) is 18.6 Å². The third-order valence-electron chi connectivity index (χ3n) is 6.24. The van der Waals surface area contributed by atoms with Gasteiger partial charge in [0, 0.05) is 38.0 Å². The fourth-order valence-corrected chi connectivity index (χ4v) is 4.45. The molecule has 0 saturated carbocycles. The monoisotopic (exact) mass is 548 g/mol. The van der Waals surface area contributed by atoms with Gasteiger partial charge < -0.3 is 40.9 Å². The van der Waals surface area contributed by atoms with E-state index in [1.54, 1.807) is 19.9 Å². The van der Waals surface area contributed by atoms with Gasteiger partial charge in [-0.05, 0) is 39.2 Å².